The number of nitriles is 1. The van der Waals surface area contributed by atoms with Gasteiger partial charge in [0.15, 0.2) is 6.19 Å². The third kappa shape index (κ3) is 4.28. The fourth-order valence-corrected chi connectivity index (χ4v) is 7.67. The lowest BCUT2D eigenvalue weighted by molar-refractivity contribution is -0.116. The molecule has 8 heteroatoms. The molecule has 1 amide bonds. The Labute approximate surface area is 236 Å². The van der Waals surface area contributed by atoms with Gasteiger partial charge in [0.1, 0.15) is 5.69 Å². The van der Waals surface area contributed by atoms with Gasteiger partial charge >= 0.3 is 0 Å². The van der Waals surface area contributed by atoms with Gasteiger partial charge in [-0.25, -0.2) is 0 Å². The SMILES string of the molecule is Cc1cc(C)c(-c2cn(CCC(=O)Nc3ccccc3[C@@H]3C[C@]45C[C@@]4(C)[C@@H](O)CC[C@H]5CN3C#N)nn2)cc1C. The number of carbonyl (C=O) groups excluding carboxylic acids is 1. The van der Waals surface area contributed by atoms with E-state index in [4.69, 9.17) is 0 Å². The van der Waals surface area contributed by atoms with Gasteiger partial charge in [-0.1, -0.05) is 36.4 Å². The molecule has 0 unspecified atom stereocenters. The number of aliphatic hydroxyl groups is 1. The second-order valence-corrected chi connectivity index (χ2v) is 12.5. The summed E-state index contributed by atoms with van der Waals surface area (Å²) in [6.45, 7) is 9.61. The number of likely N-dealkylation sites (tertiary alicyclic amines) is 1. The number of nitrogens with one attached hydrogen (secondary N) is 1. The number of aromatic nitrogens is 3. The summed E-state index contributed by atoms with van der Waals surface area (Å²) in [5.74, 6) is 0.324. The van der Waals surface area contributed by atoms with Crippen LogP contribution in [0.25, 0.3) is 11.3 Å². The monoisotopic (exact) mass is 538 g/mol. The molecule has 3 aliphatic rings. The normalized spacial score (nSPS) is 28.8. The standard InChI is InChI=1S/C32H38N6O2/c1-20-13-22(3)25(14-21(20)2)27-17-38(36-35-27)12-11-30(40)34-26-8-6-5-7-24(26)28-15-32-18-31(32,4)29(39)10-9-23(32)16-37(28)19-33/h5-8,13-14,17,23,28-29,39H,9-12,15-16,18H2,1-4H3,(H,34,40)/t23-,28-,29-,31-,32+/m0/s1. The van der Waals surface area contributed by atoms with E-state index in [1.807, 2.05) is 35.4 Å². The summed E-state index contributed by atoms with van der Waals surface area (Å²) in [4.78, 5) is 15.0. The van der Waals surface area contributed by atoms with Crippen LogP contribution in [0.5, 0.6) is 0 Å². The molecule has 1 aromatic heterocycles. The maximum Gasteiger partial charge on any atom is 0.226 e. The first-order valence-corrected chi connectivity index (χ1v) is 14.4. The van der Waals surface area contributed by atoms with Crippen LogP contribution in [0, 0.1) is 49.0 Å². The topological polar surface area (TPSA) is 107 Å². The van der Waals surface area contributed by atoms with Crippen molar-refractivity contribution in [2.24, 2.45) is 16.7 Å². The van der Waals surface area contributed by atoms with Crippen molar-refractivity contribution in [3.05, 3.63) is 64.8 Å². The number of hydrogen-bond donors (Lipinski definition) is 2. The summed E-state index contributed by atoms with van der Waals surface area (Å²) in [6, 6.07) is 12.0. The Balaban J connectivity index is 1.15. The molecule has 2 aliphatic carbocycles. The van der Waals surface area contributed by atoms with Gasteiger partial charge in [-0.15, -0.1) is 5.10 Å². The number of aryl methyl sites for hydroxylation is 4. The molecule has 2 aromatic carbocycles. The highest BCUT2D eigenvalue weighted by Gasteiger charge is 2.73. The van der Waals surface area contributed by atoms with Crippen molar-refractivity contribution < 1.29 is 9.90 Å². The van der Waals surface area contributed by atoms with Gasteiger partial charge in [-0.2, -0.15) is 5.26 Å². The maximum atomic E-state index is 13.1. The van der Waals surface area contributed by atoms with Gasteiger partial charge < -0.3 is 15.3 Å². The molecule has 2 heterocycles. The molecule has 1 spiro atoms. The van der Waals surface area contributed by atoms with Crippen LogP contribution in [0.1, 0.15) is 67.3 Å². The van der Waals surface area contributed by atoms with Crippen LogP contribution in [0.15, 0.2) is 42.6 Å². The maximum absolute atomic E-state index is 13.1. The second kappa shape index (κ2) is 9.74. The van der Waals surface area contributed by atoms with Crippen LogP contribution in [0.4, 0.5) is 5.69 Å². The fraction of sp³-hybridized carbons (Fsp3) is 0.500. The van der Waals surface area contributed by atoms with Crippen LogP contribution in [0.2, 0.25) is 0 Å². The summed E-state index contributed by atoms with van der Waals surface area (Å²) >= 11 is 0. The number of benzene rings is 2. The Morgan fingerprint density at radius 3 is 2.75 bits per heavy atom. The Morgan fingerprint density at radius 1 is 1.18 bits per heavy atom. The summed E-state index contributed by atoms with van der Waals surface area (Å²) in [5.41, 5.74) is 7.18. The minimum Gasteiger partial charge on any atom is -0.393 e. The first-order chi connectivity index (χ1) is 19.1. The number of carbonyl (C=O) groups is 1. The average molecular weight is 539 g/mol. The molecular weight excluding hydrogens is 500 g/mol. The zero-order valence-corrected chi connectivity index (χ0v) is 23.8. The molecule has 8 nitrogen and oxygen atoms in total. The molecule has 0 radical (unpaired) electrons. The Kier molecular flexibility index (Phi) is 6.46. The number of piperidine rings is 1. The summed E-state index contributed by atoms with van der Waals surface area (Å²) < 4.78 is 1.72. The lowest BCUT2D eigenvalue weighted by atomic mass is 9.65. The Hall–Kier alpha value is -3.70. The van der Waals surface area contributed by atoms with Crippen molar-refractivity contribution in [1.82, 2.24) is 19.9 Å². The molecular formula is C32H38N6O2. The lowest BCUT2D eigenvalue weighted by Gasteiger charge is -2.48. The smallest absolute Gasteiger partial charge is 0.226 e. The van der Waals surface area contributed by atoms with Crippen LogP contribution < -0.4 is 5.32 Å². The third-order valence-electron chi connectivity index (χ3n) is 10.3. The molecule has 208 valence electrons. The van der Waals surface area contributed by atoms with Crippen LogP contribution >= 0.6 is 0 Å². The summed E-state index contributed by atoms with van der Waals surface area (Å²) in [6.07, 6.45) is 7.93. The molecule has 2 saturated carbocycles. The van der Waals surface area contributed by atoms with Crippen LogP contribution in [0.3, 0.4) is 0 Å². The van der Waals surface area contributed by atoms with Crippen molar-refractivity contribution >= 4 is 11.6 Å². The average Bonchev–Trinajstić information content (AvgIpc) is 3.31. The molecule has 2 N–H and O–H groups in total. The summed E-state index contributed by atoms with van der Waals surface area (Å²) in [5, 5.41) is 32.6. The molecule has 0 bridgehead atoms. The highest BCUT2D eigenvalue weighted by atomic mass is 16.3. The third-order valence-corrected chi connectivity index (χ3v) is 10.3. The Bertz CT molecular complexity index is 1510. The molecule has 1 saturated heterocycles. The van der Waals surface area contributed by atoms with Crippen molar-refractivity contribution in [2.45, 2.75) is 78.5 Å². The van der Waals surface area contributed by atoms with E-state index in [0.29, 0.717) is 19.0 Å². The number of nitrogens with zero attached hydrogens (tertiary/aromatic N) is 5. The van der Waals surface area contributed by atoms with E-state index in [1.54, 1.807) is 4.68 Å². The van der Waals surface area contributed by atoms with E-state index < -0.39 is 0 Å². The number of hydrogen-bond acceptors (Lipinski definition) is 6. The number of para-hydroxylation sites is 1. The van der Waals surface area contributed by atoms with Gasteiger partial charge in [-0.05, 0) is 92.2 Å². The van der Waals surface area contributed by atoms with E-state index in [0.717, 1.165) is 53.8 Å². The lowest BCUT2D eigenvalue weighted by Crippen LogP contribution is -2.47. The number of aliphatic hydroxyl groups excluding tert-OH is 1. The largest absolute Gasteiger partial charge is 0.393 e. The fourth-order valence-electron chi connectivity index (χ4n) is 7.67. The molecule has 40 heavy (non-hydrogen) atoms. The first-order valence-electron chi connectivity index (χ1n) is 14.4. The van der Waals surface area contributed by atoms with Gasteiger partial charge in [0.05, 0.1) is 24.9 Å². The van der Waals surface area contributed by atoms with E-state index in [-0.39, 0.29) is 35.3 Å². The predicted molar refractivity (Wildman–Crippen MR) is 153 cm³/mol. The number of rotatable bonds is 6. The van der Waals surface area contributed by atoms with Gasteiger partial charge in [0.2, 0.25) is 5.91 Å². The predicted octanol–water partition coefficient (Wildman–Crippen LogP) is 5.29. The zero-order chi connectivity index (χ0) is 28.2. The van der Waals surface area contributed by atoms with E-state index in [1.165, 1.54) is 11.1 Å². The minimum absolute atomic E-state index is 0.0684. The summed E-state index contributed by atoms with van der Waals surface area (Å²) in [7, 11) is 0. The molecule has 1 aliphatic heterocycles. The highest BCUT2D eigenvalue weighted by Crippen LogP contribution is 2.77. The molecule has 3 fully saturated rings. The van der Waals surface area contributed by atoms with Crippen molar-refractivity contribution in [2.75, 3.05) is 11.9 Å². The van der Waals surface area contributed by atoms with Gasteiger partial charge in [0.25, 0.3) is 0 Å². The quantitative estimate of drug-likeness (QED) is 0.413. The molecule has 5 atom stereocenters. The first kappa shape index (κ1) is 26.5. The van der Waals surface area contributed by atoms with Crippen LogP contribution in [-0.4, -0.2) is 43.6 Å². The van der Waals surface area contributed by atoms with Gasteiger partial charge in [-0.3, -0.25) is 9.48 Å². The second-order valence-electron chi connectivity index (χ2n) is 12.5. The minimum atomic E-state index is -0.274. The highest BCUT2D eigenvalue weighted by molar-refractivity contribution is 5.91. The number of anilines is 1. The van der Waals surface area contributed by atoms with Crippen molar-refractivity contribution in [3.63, 3.8) is 0 Å². The van der Waals surface area contributed by atoms with Crippen LogP contribution in [-0.2, 0) is 11.3 Å². The zero-order valence-electron chi connectivity index (χ0n) is 23.8. The van der Waals surface area contributed by atoms with Crippen molar-refractivity contribution in [1.29, 1.82) is 5.26 Å². The van der Waals surface area contributed by atoms with Gasteiger partial charge in [0, 0.05) is 29.6 Å². The van der Waals surface area contributed by atoms with E-state index in [2.05, 4.69) is 61.6 Å². The Morgan fingerprint density at radius 2 is 1.95 bits per heavy atom. The molecule has 6 rings (SSSR count). The van der Waals surface area contributed by atoms with E-state index in [9.17, 15) is 15.2 Å². The molecule has 3 aromatic rings. The van der Waals surface area contributed by atoms with E-state index >= 15 is 0 Å². The number of amides is 1. The van der Waals surface area contributed by atoms with Crippen molar-refractivity contribution in [3.8, 4) is 17.5 Å².